The van der Waals surface area contributed by atoms with E-state index in [1.54, 1.807) is 11.3 Å². The lowest BCUT2D eigenvalue weighted by Crippen LogP contribution is -2.15. The summed E-state index contributed by atoms with van der Waals surface area (Å²) in [5.41, 5.74) is 5.05. The predicted molar refractivity (Wildman–Crippen MR) is 84.3 cm³/mol. The summed E-state index contributed by atoms with van der Waals surface area (Å²) in [6.07, 6.45) is 3.85. The molecule has 1 amide bonds. The first-order valence-electron chi connectivity index (χ1n) is 6.49. The van der Waals surface area contributed by atoms with Crippen molar-refractivity contribution in [3.8, 4) is 0 Å². The fourth-order valence-corrected chi connectivity index (χ4v) is 3.04. The number of amides is 1. The molecule has 3 heteroatoms. The molecule has 20 heavy (non-hydrogen) atoms. The van der Waals surface area contributed by atoms with Crippen LogP contribution in [0.2, 0.25) is 0 Å². The fraction of sp³-hybridized carbons (Fsp3) is 0.118. The van der Waals surface area contributed by atoms with E-state index in [4.69, 9.17) is 0 Å². The average molecular weight is 281 g/mol. The van der Waals surface area contributed by atoms with E-state index in [0.29, 0.717) is 5.57 Å². The smallest absolute Gasteiger partial charge is 0.255 e. The molecule has 100 valence electrons. The maximum atomic E-state index is 12.0. The molecule has 0 spiro atoms. The van der Waals surface area contributed by atoms with E-state index in [2.05, 4.69) is 37.4 Å². The Morgan fingerprint density at radius 2 is 1.90 bits per heavy atom. The molecule has 0 saturated heterocycles. The molecular formula is C17H15NOS. The number of carbonyl (C=O) groups is 1. The highest BCUT2D eigenvalue weighted by molar-refractivity contribution is 7.10. The molecule has 0 unspecified atom stereocenters. The van der Waals surface area contributed by atoms with Crippen LogP contribution in [0.1, 0.15) is 21.6 Å². The molecule has 2 aromatic rings. The van der Waals surface area contributed by atoms with Crippen molar-refractivity contribution in [2.24, 2.45) is 0 Å². The minimum atomic E-state index is -0.0347. The number of rotatable bonds is 2. The van der Waals surface area contributed by atoms with E-state index >= 15 is 0 Å². The molecule has 1 aliphatic rings. The van der Waals surface area contributed by atoms with Gasteiger partial charge in [-0.1, -0.05) is 23.3 Å². The zero-order chi connectivity index (χ0) is 14.1. The molecule has 3 rings (SSSR count). The second kappa shape index (κ2) is 5.10. The molecule has 2 nitrogen and oxygen atoms in total. The Balaban J connectivity index is 1.98. The van der Waals surface area contributed by atoms with Gasteiger partial charge in [-0.2, -0.15) is 0 Å². The molecule has 0 fully saturated rings. The molecule has 0 bridgehead atoms. The number of hydrogen-bond acceptors (Lipinski definition) is 2. The second-order valence-corrected chi connectivity index (χ2v) is 5.98. The Hall–Kier alpha value is -2.13. The molecule has 1 aromatic heterocycles. The highest BCUT2D eigenvalue weighted by Gasteiger charge is 2.19. The van der Waals surface area contributed by atoms with Gasteiger partial charge in [0, 0.05) is 16.1 Å². The van der Waals surface area contributed by atoms with E-state index in [1.807, 2.05) is 29.7 Å². The minimum Gasteiger partial charge on any atom is -0.321 e. The summed E-state index contributed by atoms with van der Waals surface area (Å²) >= 11 is 1.63. The number of carbonyl (C=O) groups excluding carboxylic acids is 1. The summed E-state index contributed by atoms with van der Waals surface area (Å²) in [4.78, 5) is 13.1. The molecule has 1 N–H and O–H groups in total. The second-order valence-electron chi connectivity index (χ2n) is 5.00. The van der Waals surface area contributed by atoms with Crippen molar-refractivity contribution in [2.45, 2.75) is 13.8 Å². The first-order chi connectivity index (χ1) is 9.61. The van der Waals surface area contributed by atoms with E-state index in [0.717, 1.165) is 16.1 Å². The van der Waals surface area contributed by atoms with Crippen molar-refractivity contribution in [1.82, 2.24) is 5.32 Å². The average Bonchev–Trinajstić information content (AvgIpc) is 3.00. The van der Waals surface area contributed by atoms with Gasteiger partial charge in [0.05, 0.1) is 0 Å². The fourth-order valence-electron chi connectivity index (χ4n) is 2.37. The third-order valence-corrected chi connectivity index (χ3v) is 4.00. The van der Waals surface area contributed by atoms with E-state index in [9.17, 15) is 4.79 Å². The van der Waals surface area contributed by atoms with Crippen LogP contribution < -0.4 is 5.32 Å². The predicted octanol–water partition coefficient (Wildman–Crippen LogP) is 3.92. The van der Waals surface area contributed by atoms with Crippen molar-refractivity contribution in [1.29, 1.82) is 0 Å². The van der Waals surface area contributed by atoms with Crippen molar-refractivity contribution in [3.63, 3.8) is 0 Å². The summed E-state index contributed by atoms with van der Waals surface area (Å²) in [5.74, 6) is -0.0347. The summed E-state index contributed by atoms with van der Waals surface area (Å²) < 4.78 is 0. The van der Waals surface area contributed by atoms with Crippen molar-refractivity contribution in [3.05, 3.63) is 68.9 Å². The standard InChI is InChI=1S/C17H15NOS/c1-11-6-12(2)8-13(7-11)16-10-14(17(19)18-16)9-15-4-3-5-20-15/h3-10H,1-2H3,(H,18,19). The van der Waals surface area contributed by atoms with Gasteiger partial charge in [-0.15, -0.1) is 11.3 Å². The minimum absolute atomic E-state index is 0.0347. The summed E-state index contributed by atoms with van der Waals surface area (Å²) in [6.45, 7) is 4.13. The van der Waals surface area contributed by atoms with Crippen LogP contribution in [0.3, 0.4) is 0 Å². The van der Waals surface area contributed by atoms with Crippen LogP contribution in [0.15, 0.2) is 47.4 Å². The van der Waals surface area contributed by atoms with Crippen LogP contribution >= 0.6 is 11.3 Å². The zero-order valence-electron chi connectivity index (χ0n) is 11.4. The first kappa shape index (κ1) is 12.9. The third-order valence-electron chi connectivity index (χ3n) is 3.18. The van der Waals surface area contributed by atoms with Crippen LogP contribution in [0.5, 0.6) is 0 Å². The lowest BCUT2D eigenvalue weighted by atomic mass is 10.0. The van der Waals surface area contributed by atoms with Crippen LogP contribution in [-0.4, -0.2) is 5.91 Å². The number of thiophene rings is 1. The highest BCUT2D eigenvalue weighted by Crippen LogP contribution is 2.24. The van der Waals surface area contributed by atoms with Gasteiger partial charge in [-0.3, -0.25) is 4.79 Å². The van der Waals surface area contributed by atoms with E-state index < -0.39 is 0 Å². The Morgan fingerprint density at radius 3 is 2.55 bits per heavy atom. The van der Waals surface area contributed by atoms with Gasteiger partial charge in [0.2, 0.25) is 0 Å². The molecular weight excluding hydrogens is 266 g/mol. The van der Waals surface area contributed by atoms with Gasteiger partial charge in [0.15, 0.2) is 0 Å². The lowest BCUT2D eigenvalue weighted by molar-refractivity contribution is -0.115. The van der Waals surface area contributed by atoms with Crippen molar-refractivity contribution in [2.75, 3.05) is 0 Å². The van der Waals surface area contributed by atoms with Crippen LogP contribution in [0, 0.1) is 13.8 Å². The first-order valence-corrected chi connectivity index (χ1v) is 7.37. The highest BCUT2D eigenvalue weighted by atomic mass is 32.1. The van der Waals surface area contributed by atoms with Gasteiger partial charge in [-0.25, -0.2) is 0 Å². The Labute approximate surface area is 122 Å². The van der Waals surface area contributed by atoms with Crippen LogP contribution in [-0.2, 0) is 4.79 Å². The zero-order valence-corrected chi connectivity index (χ0v) is 12.3. The summed E-state index contributed by atoms with van der Waals surface area (Å²) in [7, 11) is 0. The number of nitrogens with one attached hydrogen (secondary N) is 1. The third kappa shape index (κ3) is 2.58. The number of hydrogen-bond donors (Lipinski definition) is 1. The van der Waals surface area contributed by atoms with Gasteiger partial charge in [-0.05, 0) is 55.1 Å². The monoisotopic (exact) mass is 281 g/mol. The molecule has 0 aliphatic carbocycles. The van der Waals surface area contributed by atoms with Gasteiger partial charge in [0.1, 0.15) is 0 Å². The van der Waals surface area contributed by atoms with Crippen molar-refractivity contribution >= 4 is 29.0 Å². The van der Waals surface area contributed by atoms with Gasteiger partial charge >= 0.3 is 0 Å². The quantitative estimate of drug-likeness (QED) is 0.831. The maximum Gasteiger partial charge on any atom is 0.255 e. The summed E-state index contributed by atoms with van der Waals surface area (Å²) in [5, 5.41) is 4.95. The maximum absolute atomic E-state index is 12.0. The topological polar surface area (TPSA) is 29.1 Å². The molecule has 0 saturated carbocycles. The SMILES string of the molecule is Cc1cc(C)cc(C2=CC(=Cc3cccs3)C(=O)N2)c1. The molecule has 0 radical (unpaired) electrons. The van der Waals surface area contributed by atoms with E-state index in [1.165, 1.54) is 11.1 Å². The molecule has 2 heterocycles. The largest absolute Gasteiger partial charge is 0.321 e. The molecule has 0 atom stereocenters. The Bertz CT molecular complexity index is 703. The van der Waals surface area contributed by atoms with Crippen LogP contribution in [0.25, 0.3) is 11.8 Å². The Kier molecular flexibility index (Phi) is 3.28. The number of benzene rings is 1. The molecule has 1 aromatic carbocycles. The van der Waals surface area contributed by atoms with Gasteiger partial charge < -0.3 is 5.32 Å². The number of aryl methyl sites for hydroxylation is 2. The van der Waals surface area contributed by atoms with Crippen LogP contribution in [0.4, 0.5) is 0 Å². The Morgan fingerprint density at radius 1 is 1.15 bits per heavy atom. The lowest BCUT2D eigenvalue weighted by Gasteiger charge is -2.05. The van der Waals surface area contributed by atoms with Crippen molar-refractivity contribution < 1.29 is 4.79 Å². The normalized spacial score (nSPS) is 16.4. The van der Waals surface area contributed by atoms with E-state index in [-0.39, 0.29) is 5.91 Å². The van der Waals surface area contributed by atoms with Gasteiger partial charge in [0.25, 0.3) is 5.91 Å². The summed E-state index contributed by atoms with van der Waals surface area (Å²) in [6, 6.07) is 10.3. The molecule has 1 aliphatic heterocycles.